The lowest BCUT2D eigenvalue weighted by atomic mass is 10.00. The summed E-state index contributed by atoms with van der Waals surface area (Å²) in [5, 5.41) is 4.85. The Morgan fingerprint density at radius 1 is 0.969 bits per heavy atom. The third-order valence-electron chi connectivity index (χ3n) is 3.71. The molecule has 0 aromatic carbocycles. The normalized spacial score (nSPS) is 12.2. The Morgan fingerprint density at radius 3 is 1.97 bits per heavy atom. The van der Waals surface area contributed by atoms with Gasteiger partial charge in [0.05, 0.1) is 31.6 Å². The summed E-state index contributed by atoms with van der Waals surface area (Å²) in [6, 6.07) is 0. The fourth-order valence-corrected chi connectivity index (χ4v) is 4.27. The standard InChI is InChI=1S/C16H28N2O6S2.C5H11B/c1-13(21)11-23-5-6-24-12-16(22)18-4-8-26-15(10-20)14(9-19)25-7-3-17-2;1-2-3-4-5-6/h9-10,14-15,17H,3-8,11-12H2,1-2H3,(H,18,22);2-5H2,1H3. The molecule has 11 heteroatoms. The number of unbranched alkanes of at least 4 members (excludes halogenated alkanes) is 2. The second-order valence-corrected chi connectivity index (χ2v) is 9.27. The van der Waals surface area contributed by atoms with Gasteiger partial charge in [0.2, 0.25) is 5.91 Å². The molecule has 0 fully saturated rings. The molecule has 2 radical (unpaired) electrons. The second kappa shape index (κ2) is 26.4. The van der Waals surface area contributed by atoms with Crippen LogP contribution < -0.4 is 10.6 Å². The number of nitrogens with one attached hydrogen (secondary N) is 2. The van der Waals surface area contributed by atoms with Gasteiger partial charge in [0.1, 0.15) is 25.8 Å². The van der Waals surface area contributed by atoms with Gasteiger partial charge < -0.3 is 29.7 Å². The molecule has 0 saturated carbocycles. The summed E-state index contributed by atoms with van der Waals surface area (Å²) >= 11 is 2.78. The van der Waals surface area contributed by atoms with Crippen molar-refractivity contribution < 1.29 is 28.7 Å². The molecule has 0 aromatic heterocycles. The highest BCUT2D eigenvalue weighted by Gasteiger charge is 2.21. The predicted octanol–water partition coefficient (Wildman–Crippen LogP) is 1.31. The van der Waals surface area contributed by atoms with Crippen molar-refractivity contribution in [3.63, 3.8) is 0 Å². The monoisotopic (exact) mass is 490 g/mol. The number of carbonyl (C=O) groups excluding carboxylic acids is 4. The van der Waals surface area contributed by atoms with Gasteiger partial charge in [0.25, 0.3) is 0 Å². The topological polar surface area (TPSA) is 111 Å². The van der Waals surface area contributed by atoms with E-state index in [1.807, 2.05) is 7.05 Å². The van der Waals surface area contributed by atoms with E-state index in [1.54, 1.807) is 0 Å². The van der Waals surface area contributed by atoms with E-state index < -0.39 is 5.25 Å². The highest BCUT2D eigenvalue weighted by Crippen LogP contribution is 2.21. The Labute approximate surface area is 202 Å². The van der Waals surface area contributed by atoms with Gasteiger partial charge in [-0.15, -0.1) is 23.5 Å². The molecule has 0 aliphatic heterocycles. The van der Waals surface area contributed by atoms with Crippen molar-refractivity contribution >= 4 is 55.6 Å². The van der Waals surface area contributed by atoms with E-state index in [9.17, 15) is 19.2 Å². The first-order valence-electron chi connectivity index (χ1n) is 10.9. The molecule has 0 aromatic rings. The first-order valence-corrected chi connectivity index (χ1v) is 13.0. The number of Topliss-reactive ketones (excluding diaryl/α,β-unsaturated/α-hetero) is 1. The lowest BCUT2D eigenvalue weighted by molar-refractivity contribution is -0.127. The Balaban J connectivity index is 0. The fraction of sp³-hybridized carbons (Fsp3) is 0.810. The van der Waals surface area contributed by atoms with Crippen molar-refractivity contribution in [2.24, 2.45) is 0 Å². The number of carbonyl (C=O) groups is 4. The summed E-state index contributed by atoms with van der Waals surface area (Å²) in [5.41, 5.74) is 0. The molecule has 2 atom stereocenters. The number of ether oxygens (including phenoxy) is 2. The van der Waals surface area contributed by atoms with Crippen LogP contribution in [0.2, 0.25) is 6.32 Å². The zero-order valence-corrected chi connectivity index (χ0v) is 21.3. The quantitative estimate of drug-likeness (QED) is 0.140. The minimum atomic E-state index is -0.430. The van der Waals surface area contributed by atoms with Gasteiger partial charge in [-0.3, -0.25) is 9.59 Å². The minimum Gasteiger partial charge on any atom is -0.371 e. The summed E-state index contributed by atoms with van der Waals surface area (Å²) in [6.45, 7) is 5.18. The largest absolute Gasteiger partial charge is 0.371 e. The van der Waals surface area contributed by atoms with Crippen LogP contribution in [-0.2, 0) is 28.7 Å². The Morgan fingerprint density at radius 2 is 1.53 bits per heavy atom. The van der Waals surface area contributed by atoms with Gasteiger partial charge in [-0.25, -0.2) is 0 Å². The Kier molecular flexibility index (Phi) is 27.4. The zero-order chi connectivity index (χ0) is 24.5. The number of thioether (sulfide) groups is 2. The number of rotatable bonds is 21. The molecule has 0 spiro atoms. The van der Waals surface area contributed by atoms with Crippen LogP contribution in [0.3, 0.4) is 0 Å². The number of aldehydes is 2. The lowest BCUT2D eigenvalue weighted by Gasteiger charge is -2.17. The molecule has 0 bridgehead atoms. The molecule has 0 aliphatic rings. The third kappa shape index (κ3) is 23.8. The maximum atomic E-state index is 11.6. The second-order valence-electron chi connectivity index (χ2n) is 6.70. The smallest absolute Gasteiger partial charge is 0.246 e. The van der Waals surface area contributed by atoms with Crippen LogP contribution in [0.4, 0.5) is 0 Å². The van der Waals surface area contributed by atoms with Gasteiger partial charge in [-0.1, -0.05) is 32.5 Å². The average molecular weight is 490 g/mol. The maximum Gasteiger partial charge on any atom is 0.246 e. The lowest BCUT2D eigenvalue weighted by Crippen LogP contribution is -2.31. The van der Waals surface area contributed by atoms with Crippen molar-refractivity contribution in [3.05, 3.63) is 0 Å². The SMILES string of the molecule is CNCCSC(C=O)C(C=O)SCCNC(=O)COCCOCC(C)=O.[B]CCCCC. The molecule has 0 heterocycles. The summed E-state index contributed by atoms with van der Waals surface area (Å²) in [4.78, 5) is 44.6. The molecule has 184 valence electrons. The highest BCUT2D eigenvalue weighted by atomic mass is 32.2. The van der Waals surface area contributed by atoms with E-state index >= 15 is 0 Å². The van der Waals surface area contributed by atoms with Gasteiger partial charge in [-0.05, 0) is 14.0 Å². The van der Waals surface area contributed by atoms with E-state index in [4.69, 9.17) is 17.3 Å². The average Bonchev–Trinajstić information content (AvgIpc) is 2.78. The maximum absolute atomic E-state index is 11.6. The summed E-state index contributed by atoms with van der Waals surface area (Å²) < 4.78 is 10.1. The predicted molar refractivity (Wildman–Crippen MR) is 134 cm³/mol. The van der Waals surface area contributed by atoms with Crippen LogP contribution in [-0.4, -0.2) is 101 Å². The van der Waals surface area contributed by atoms with Crippen molar-refractivity contribution in [2.45, 2.75) is 49.9 Å². The van der Waals surface area contributed by atoms with E-state index in [2.05, 4.69) is 17.6 Å². The van der Waals surface area contributed by atoms with Gasteiger partial charge in [0.15, 0.2) is 5.78 Å². The molecule has 32 heavy (non-hydrogen) atoms. The molecule has 1 amide bonds. The highest BCUT2D eigenvalue weighted by molar-refractivity contribution is 8.04. The van der Waals surface area contributed by atoms with E-state index in [0.29, 0.717) is 12.3 Å². The number of amides is 1. The molecular formula is C21H39BN2O6S2. The van der Waals surface area contributed by atoms with Crippen LogP contribution in [0.1, 0.15) is 33.1 Å². The van der Waals surface area contributed by atoms with Crippen LogP contribution >= 0.6 is 23.5 Å². The zero-order valence-electron chi connectivity index (χ0n) is 19.6. The number of ketones is 1. The summed E-state index contributed by atoms with van der Waals surface area (Å²) in [7, 11) is 7.04. The van der Waals surface area contributed by atoms with Crippen LogP contribution in [0.5, 0.6) is 0 Å². The van der Waals surface area contributed by atoms with Crippen molar-refractivity contribution in [3.8, 4) is 0 Å². The molecule has 2 unspecified atom stereocenters. The van der Waals surface area contributed by atoms with Gasteiger partial charge >= 0.3 is 0 Å². The van der Waals surface area contributed by atoms with Crippen LogP contribution in [0, 0.1) is 0 Å². The summed E-state index contributed by atoms with van der Waals surface area (Å²) in [6.07, 6.45) is 6.19. The van der Waals surface area contributed by atoms with Gasteiger partial charge in [-0.2, -0.15) is 0 Å². The third-order valence-corrected chi connectivity index (χ3v) is 6.34. The molecule has 0 aliphatic carbocycles. The van der Waals surface area contributed by atoms with Crippen LogP contribution in [0.25, 0.3) is 0 Å². The van der Waals surface area contributed by atoms with Crippen molar-refractivity contribution in [1.82, 2.24) is 10.6 Å². The van der Waals surface area contributed by atoms with E-state index in [-0.39, 0.29) is 43.4 Å². The fourth-order valence-electron chi connectivity index (χ4n) is 2.05. The van der Waals surface area contributed by atoms with Gasteiger partial charge in [0, 0.05) is 24.6 Å². The first-order chi connectivity index (χ1) is 15.5. The van der Waals surface area contributed by atoms with Crippen LogP contribution in [0.15, 0.2) is 0 Å². The van der Waals surface area contributed by atoms with Crippen molar-refractivity contribution in [2.75, 3.05) is 58.1 Å². The molecular weight excluding hydrogens is 451 g/mol. The molecule has 2 N–H and O–H groups in total. The molecule has 0 rings (SSSR count). The molecule has 8 nitrogen and oxygen atoms in total. The minimum absolute atomic E-state index is 0.0414. The number of hydrogen-bond acceptors (Lipinski definition) is 9. The van der Waals surface area contributed by atoms with E-state index in [1.165, 1.54) is 49.7 Å². The van der Waals surface area contributed by atoms with E-state index in [0.717, 1.165) is 31.2 Å². The van der Waals surface area contributed by atoms with Crippen molar-refractivity contribution in [1.29, 1.82) is 0 Å². The number of hydrogen-bond donors (Lipinski definition) is 2. The Hall–Kier alpha value is -0.875. The molecule has 0 saturated heterocycles. The summed E-state index contributed by atoms with van der Waals surface area (Å²) in [5.74, 6) is 0.935. The Bertz CT molecular complexity index is 485. The first kappa shape index (κ1) is 33.3.